The van der Waals surface area contributed by atoms with Gasteiger partial charge in [-0.25, -0.2) is 9.97 Å². The molecule has 0 radical (unpaired) electrons. The first-order chi connectivity index (χ1) is 19.4. The van der Waals surface area contributed by atoms with Gasteiger partial charge in [-0.15, -0.1) is 0 Å². The van der Waals surface area contributed by atoms with Crippen LogP contribution in [0, 0.1) is 11.3 Å². The minimum absolute atomic E-state index is 0.108. The van der Waals surface area contributed by atoms with E-state index in [1.165, 1.54) is 6.92 Å². The van der Waals surface area contributed by atoms with Crippen LogP contribution in [0.15, 0.2) is 60.7 Å². The lowest BCUT2D eigenvalue weighted by Gasteiger charge is -2.37. The lowest BCUT2D eigenvalue weighted by atomic mass is 9.74. The molecule has 0 atom stereocenters. The number of anilines is 1. The number of ether oxygens (including phenoxy) is 1. The highest BCUT2D eigenvalue weighted by Gasteiger charge is 2.38. The van der Waals surface area contributed by atoms with Crippen molar-refractivity contribution in [3.63, 3.8) is 0 Å². The number of H-pyrrole nitrogens is 1. The summed E-state index contributed by atoms with van der Waals surface area (Å²) in [7, 11) is 1.61. The number of aromatic amines is 1. The van der Waals surface area contributed by atoms with E-state index in [0.717, 1.165) is 16.9 Å². The van der Waals surface area contributed by atoms with E-state index in [4.69, 9.17) is 14.7 Å². The second kappa shape index (κ2) is 11.5. The average molecular weight is 538 g/mol. The SMILES string of the molecule is COc1ccc(C2(C#N)CCN(C(=O)c3cc4c(NCCNC(C)=O)nc(-c5ccccc5)nc4[nH]3)CC2)cc1. The largest absolute Gasteiger partial charge is 0.497 e. The Kier molecular flexibility index (Phi) is 7.64. The van der Waals surface area contributed by atoms with Crippen molar-refractivity contribution in [1.29, 1.82) is 5.26 Å². The molecule has 3 N–H and O–H groups in total. The molecule has 0 bridgehead atoms. The zero-order valence-electron chi connectivity index (χ0n) is 22.5. The summed E-state index contributed by atoms with van der Waals surface area (Å²) in [5, 5.41) is 16.8. The minimum atomic E-state index is -0.648. The second-order valence-corrected chi connectivity index (χ2v) is 9.83. The molecular weight excluding hydrogens is 506 g/mol. The zero-order chi connectivity index (χ0) is 28.1. The summed E-state index contributed by atoms with van der Waals surface area (Å²) < 4.78 is 5.25. The summed E-state index contributed by atoms with van der Waals surface area (Å²) in [4.78, 5) is 39.2. The number of hydrogen-bond acceptors (Lipinski definition) is 7. The van der Waals surface area contributed by atoms with Gasteiger partial charge in [-0.2, -0.15) is 5.26 Å². The van der Waals surface area contributed by atoms with Crippen molar-refractivity contribution in [3.05, 3.63) is 71.9 Å². The molecule has 2 aromatic heterocycles. The summed E-state index contributed by atoms with van der Waals surface area (Å²) in [6, 6.07) is 21.5. The Morgan fingerprint density at radius 3 is 2.45 bits per heavy atom. The van der Waals surface area contributed by atoms with Gasteiger partial charge in [0.1, 0.15) is 22.9 Å². The number of carbonyl (C=O) groups excluding carboxylic acids is 2. The summed E-state index contributed by atoms with van der Waals surface area (Å²) in [6.45, 7) is 3.27. The summed E-state index contributed by atoms with van der Waals surface area (Å²) >= 11 is 0. The van der Waals surface area contributed by atoms with Crippen LogP contribution in [-0.4, -0.2) is 65.0 Å². The maximum Gasteiger partial charge on any atom is 0.270 e. The summed E-state index contributed by atoms with van der Waals surface area (Å²) in [5.41, 5.74) is 2.09. The first-order valence-electron chi connectivity index (χ1n) is 13.2. The fourth-order valence-corrected chi connectivity index (χ4v) is 5.03. The predicted molar refractivity (Wildman–Crippen MR) is 152 cm³/mol. The third kappa shape index (κ3) is 5.45. The number of nitriles is 1. The first-order valence-corrected chi connectivity index (χ1v) is 13.2. The van der Waals surface area contributed by atoms with Crippen molar-refractivity contribution < 1.29 is 14.3 Å². The molecular formula is C30H31N7O3. The number of carbonyl (C=O) groups is 2. The van der Waals surface area contributed by atoms with Crippen molar-refractivity contribution in [2.75, 3.05) is 38.6 Å². The Bertz CT molecular complexity index is 1550. The van der Waals surface area contributed by atoms with Gasteiger partial charge in [-0.1, -0.05) is 42.5 Å². The highest BCUT2D eigenvalue weighted by Crippen LogP contribution is 2.36. The molecule has 4 aromatic rings. The highest BCUT2D eigenvalue weighted by atomic mass is 16.5. The molecule has 10 nitrogen and oxygen atoms in total. The smallest absolute Gasteiger partial charge is 0.270 e. The lowest BCUT2D eigenvalue weighted by molar-refractivity contribution is -0.118. The van der Waals surface area contributed by atoms with E-state index in [0.29, 0.717) is 67.4 Å². The van der Waals surface area contributed by atoms with E-state index in [2.05, 4.69) is 21.7 Å². The van der Waals surface area contributed by atoms with Crippen molar-refractivity contribution in [2.45, 2.75) is 25.2 Å². The number of hydrogen-bond donors (Lipinski definition) is 3. The molecule has 2 amide bonds. The molecule has 3 heterocycles. The Morgan fingerprint density at radius 2 is 1.80 bits per heavy atom. The van der Waals surface area contributed by atoms with Crippen LogP contribution in [-0.2, 0) is 10.2 Å². The van der Waals surface area contributed by atoms with E-state index in [9.17, 15) is 14.9 Å². The monoisotopic (exact) mass is 537 g/mol. The molecule has 10 heteroatoms. The number of fused-ring (bicyclic) bond motifs is 1. The number of nitrogens with zero attached hydrogens (tertiary/aromatic N) is 4. The van der Waals surface area contributed by atoms with Gasteiger partial charge in [0.25, 0.3) is 5.91 Å². The zero-order valence-corrected chi connectivity index (χ0v) is 22.5. The van der Waals surface area contributed by atoms with Crippen molar-refractivity contribution in [1.82, 2.24) is 25.2 Å². The van der Waals surface area contributed by atoms with Crippen molar-refractivity contribution in [3.8, 4) is 23.2 Å². The van der Waals surface area contributed by atoms with Crippen LogP contribution in [0.2, 0.25) is 0 Å². The van der Waals surface area contributed by atoms with Crippen LogP contribution in [0.3, 0.4) is 0 Å². The van der Waals surface area contributed by atoms with E-state index >= 15 is 0 Å². The van der Waals surface area contributed by atoms with E-state index < -0.39 is 5.41 Å². The van der Waals surface area contributed by atoms with Gasteiger partial charge in [0.2, 0.25) is 5.91 Å². The Morgan fingerprint density at radius 1 is 1.07 bits per heavy atom. The van der Waals surface area contributed by atoms with Crippen molar-refractivity contribution in [2.24, 2.45) is 0 Å². The van der Waals surface area contributed by atoms with Gasteiger partial charge in [-0.3, -0.25) is 9.59 Å². The Labute approximate surface area is 232 Å². The number of methoxy groups -OCH3 is 1. The fraction of sp³-hybridized carbons (Fsp3) is 0.300. The number of nitrogens with one attached hydrogen (secondary N) is 3. The van der Waals surface area contributed by atoms with Crippen LogP contribution in [0.5, 0.6) is 5.75 Å². The van der Waals surface area contributed by atoms with E-state index in [1.807, 2.05) is 54.6 Å². The van der Waals surface area contributed by atoms with Crippen LogP contribution < -0.4 is 15.4 Å². The molecule has 1 saturated heterocycles. The third-order valence-corrected chi connectivity index (χ3v) is 7.30. The molecule has 0 unspecified atom stereocenters. The quantitative estimate of drug-likeness (QED) is 0.290. The predicted octanol–water partition coefficient (Wildman–Crippen LogP) is 3.88. The number of amides is 2. The third-order valence-electron chi connectivity index (χ3n) is 7.30. The molecule has 0 aliphatic carbocycles. The van der Waals surface area contributed by atoms with Crippen LogP contribution in [0.25, 0.3) is 22.4 Å². The van der Waals surface area contributed by atoms with E-state index in [1.54, 1.807) is 18.1 Å². The second-order valence-electron chi connectivity index (χ2n) is 9.83. The summed E-state index contributed by atoms with van der Waals surface area (Å²) in [5.74, 6) is 1.58. The first kappa shape index (κ1) is 26.7. The lowest BCUT2D eigenvalue weighted by Crippen LogP contribution is -2.44. The number of benzene rings is 2. The van der Waals surface area contributed by atoms with Gasteiger partial charge >= 0.3 is 0 Å². The maximum absolute atomic E-state index is 13.6. The summed E-state index contributed by atoms with van der Waals surface area (Å²) in [6.07, 6.45) is 1.07. The number of piperidine rings is 1. The molecule has 204 valence electrons. The van der Waals surface area contributed by atoms with Crippen LogP contribution >= 0.6 is 0 Å². The van der Waals surface area contributed by atoms with Gasteiger partial charge in [0, 0.05) is 38.7 Å². The van der Waals surface area contributed by atoms with Crippen molar-refractivity contribution >= 4 is 28.7 Å². The van der Waals surface area contributed by atoms with Gasteiger partial charge in [0.15, 0.2) is 5.82 Å². The van der Waals surface area contributed by atoms with Gasteiger partial charge in [0.05, 0.1) is 24.0 Å². The standard InChI is InChI=1S/C30H31N7O3/c1-20(38)32-14-15-33-27-24-18-25(34-28(24)36-26(35-27)21-6-4-3-5-7-21)29(39)37-16-12-30(19-31,13-17-37)22-8-10-23(40-2)11-9-22/h3-11,18H,12-17H2,1-2H3,(H,32,38)(H2,33,34,35,36). The molecule has 1 aliphatic rings. The van der Waals surface area contributed by atoms with Gasteiger partial charge < -0.3 is 25.3 Å². The number of aromatic nitrogens is 3. The molecule has 1 fully saturated rings. The molecule has 40 heavy (non-hydrogen) atoms. The highest BCUT2D eigenvalue weighted by molar-refractivity contribution is 6.00. The van der Waals surface area contributed by atoms with E-state index in [-0.39, 0.29) is 11.8 Å². The van der Waals surface area contributed by atoms with Crippen LogP contribution in [0.4, 0.5) is 5.82 Å². The van der Waals surface area contributed by atoms with Crippen LogP contribution in [0.1, 0.15) is 35.8 Å². The fourth-order valence-electron chi connectivity index (χ4n) is 5.03. The molecule has 0 spiro atoms. The topological polar surface area (TPSA) is 136 Å². The molecule has 0 saturated carbocycles. The normalized spacial score (nSPS) is 14.4. The number of likely N-dealkylation sites (tertiary alicyclic amines) is 1. The molecule has 5 rings (SSSR count). The average Bonchev–Trinajstić information content (AvgIpc) is 3.44. The maximum atomic E-state index is 13.6. The minimum Gasteiger partial charge on any atom is -0.497 e. The Hall–Kier alpha value is -4.91. The Balaban J connectivity index is 1.38. The molecule has 2 aromatic carbocycles. The van der Waals surface area contributed by atoms with Gasteiger partial charge in [-0.05, 0) is 36.6 Å². The number of rotatable bonds is 8. The molecule has 1 aliphatic heterocycles.